The zero-order chi connectivity index (χ0) is 9.14. The van der Waals surface area contributed by atoms with Crippen molar-refractivity contribution < 1.29 is 4.79 Å². The Hall–Kier alpha value is -1.08. The van der Waals surface area contributed by atoms with E-state index in [9.17, 15) is 4.79 Å². The molecule has 0 radical (unpaired) electrons. The van der Waals surface area contributed by atoms with Gasteiger partial charge in [-0.1, -0.05) is 36.4 Å². The summed E-state index contributed by atoms with van der Waals surface area (Å²) in [5, 5.41) is 0.486. The molecule has 1 aromatic carbocycles. The smallest absolute Gasteiger partial charge is 0.161 e. The van der Waals surface area contributed by atoms with Gasteiger partial charge in [-0.2, -0.15) is 0 Å². The average Bonchev–Trinajstić information content (AvgIpc) is 2.04. The average molecular weight is 181 g/mol. The third kappa shape index (κ3) is 1.56. The molecule has 0 aliphatic heterocycles. The molecule has 0 spiro atoms. The summed E-state index contributed by atoms with van der Waals surface area (Å²) in [5.41, 5.74) is 1.35. The molecule has 2 heteroatoms. The lowest BCUT2D eigenvalue weighted by atomic mass is 10.1. The van der Waals surface area contributed by atoms with E-state index in [1.807, 2.05) is 6.07 Å². The number of benzene rings is 1. The molecule has 62 valence electrons. The molecule has 0 aromatic heterocycles. The van der Waals surface area contributed by atoms with E-state index in [0.717, 1.165) is 5.56 Å². The third-order valence-corrected chi connectivity index (χ3v) is 2.05. The number of carbonyl (C=O) groups excluding carboxylic acids is 1. The van der Waals surface area contributed by atoms with E-state index in [4.69, 9.17) is 11.6 Å². The number of carbonyl (C=O) groups is 1. The normalized spacial score (nSPS) is 9.50. The van der Waals surface area contributed by atoms with Crippen molar-refractivity contribution in [2.24, 2.45) is 0 Å². The molecule has 0 aliphatic carbocycles. The summed E-state index contributed by atoms with van der Waals surface area (Å²) in [6, 6.07) is 5.32. The molecule has 12 heavy (non-hydrogen) atoms. The predicted octanol–water partition coefficient (Wildman–Crippen LogP) is 3.19. The standard InChI is InChI=1S/C10H9ClO/c1-3-8-5-4-6-9(7(2)12)10(8)11/h3-6H,1H2,2H3. The van der Waals surface area contributed by atoms with Crippen molar-refractivity contribution in [2.75, 3.05) is 0 Å². The minimum absolute atomic E-state index is 0.0244. The van der Waals surface area contributed by atoms with Crippen LogP contribution in [0.25, 0.3) is 6.08 Å². The van der Waals surface area contributed by atoms with E-state index < -0.39 is 0 Å². The zero-order valence-corrected chi connectivity index (χ0v) is 7.56. The van der Waals surface area contributed by atoms with Crippen LogP contribution in [0, 0.1) is 0 Å². The Morgan fingerprint density at radius 1 is 1.58 bits per heavy atom. The van der Waals surface area contributed by atoms with E-state index >= 15 is 0 Å². The predicted molar refractivity (Wildman–Crippen MR) is 51.5 cm³/mol. The molecular formula is C10H9ClO. The molecular weight excluding hydrogens is 172 g/mol. The topological polar surface area (TPSA) is 17.1 Å². The lowest BCUT2D eigenvalue weighted by molar-refractivity contribution is 0.101. The molecule has 0 bridgehead atoms. The lowest BCUT2D eigenvalue weighted by Crippen LogP contribution is -1.93. The maximum Gasteiger partial charge on any atom is 0.161 e. The fraction of sp³-hybridized carbons (Fsp3) is 0.100. The molecule has 0 atom stereocenters. The van der Waals surface area contributed by atoms with Crippen LogP contribution in [0.5, 0.6) is 0 Å². The van der Waals surface area contributed by atoms with Crippen LogP contribution in [0.3, 0.4) is 0 Å². The molecule has 0 unspecified atom stereocenters. The Balaban J connectivity index is 3.32. The highest BCUT2D eigenvalue weighted by atomic mass is 35.5. The second-order valence-electron chi connectivity index (χ2n) is 2.47. The van der Waals surface area contributed by atoms with Gasteiger partial charge in [-0.15, -0.1) is 0 Å². The van der Waals surface area contributed by atoms with Crippen molar-refractivity contribution in [3.63, 3.8) is 0 Å². The van der Waals surface area contributed by atoms with Gasteiger partial charge in [0.15, 0.2) is 5.78 Å². The first-order valence-electron chi connectivity index (χ1n) is 3.58. The van der Waals surface area contributed by atoms with Crippen LogP contribution in [-0.2, 0) is 0 Å². The van der Waals surface area contributed by atoms with Crippen LogP contribution < -0.4 is 0 Å². The highest BCUT2D eigenvalue weighted by Crippen LogP contribution is 2.22. The second-order valence-corrected chi connectivity index (χ2v) is 2.85. The van der Waals surface area contributed by atoms with Crippen LogP contribution in [0.2, 0.25) is 5.02 Å². The van der Waals surface area contributed by atoms with Crippen LogP contribution in [0.4, 0.5) is 0 Å². The van der Waals surface area contributed by atoms with Crippen LogP contribution in [0.1, 0.15) is 22.8 Å². The Morgan fingerprint density at radius 3 is 2.75 bits per heavy atom. The van der Waals surface area contributed by atoms with Crippen molar-refractivity contribution in [2.45, 2.75) is 6.92 Å². The summed E-state index contributed by atoms with van der Waals surface area (Å²) in [6.45, 7) is 5.09. The highest BCUT2D eigenvalue weighted by Gasteiger charge is 2.06. The van der Waals surface area contributed by atoms with Gasteiger partial charge < -0.3 is 0 Å². The van der Waals surface area contributed by atoms with Gasteiger partial charge in [-0.05, 0) is 18.6 Å². The maximum absolute atomic E-state index is 11.0. The Morgan fingerprint density at radius 2 is 2.25 bits per heavy atom. The number of rotatable bonds is 2. The molecule has 0 saturated carbocycles. The van der Waals surface area contributed by atoms with Crippen molar-refractivity contribution in [3.05, 3.63) is 40.9 Å². The molecule has 1 aromatic rings. The molecule has 1 rings (SSSR count). The summed E-state index contributed by atoms with van der Waals surface area (Å²) >= 11 is 5.91. The molecule has 0 heterocycles. The Labute approximate surface area is 76.7 Å². The summed E-state index contributed by atoms with van der Waals surface area (Å²) in [5.74, 6) is -0.0244. The van der Waals surface area contributed by atoms with Crippen LogP contribution in [0.15, 0.2) is 24.8 Å². The summed E-state index contributed by atoms with van der Waals surface area (Å²) in [7, 11) is 0. The van der Waals surface area contributed by atoms with Gasteiger partial charge in [-0.3, -0.25) is 4.79 Å². The summed E-state index contributed by atoms with van der Waals surface area (Å²) in [4.78, 5) is 11.0. The van der Waals surface area contributed by atoms with Gasteiger partial charge in [0.25, 0.3) is 0 Å². The van der Waals surface area contributed by atoms with Crippen molar-refractivity contribution in [3.8, 4) is 0 Å². The van der Waals surface area contributed by atoms with E-state index in [1.165, 1.54) is 6.92 Å². The monoisotopic (exact) mass is 180 g/mol. The molecule has 0 aliphatic rings. The molecule has 0 N–H and O–H groups in total. The van der Waals surface area contributed by atoms with E-state index in [-0.39, 0.29) is 5.78 Å². The summed E-state index contributed by atoms with van der Waals surface area (Å²) in [6.07, 6.45) is 1.63. The molecule has 0 fully saturated rings. The largest absolute Gasteiger partial charge is 0.294 e. The van der Waals surface area contributed by atoms with Crippen molar-refractivity contribution in [1.82, 2.24) is 0 Å². The fourth-order valence-electron chi connectivity index (χ4n) is 0.979. The first kappa shape index (κ1) is 9.01. The van der Waals surface area contributed by atoms with E-state index in [2.05, 4.69) is 6.58 Å². The molecule has 0 saturated heterocycles. The van der Waals surface area contributed by atoms with Crippen molar-refractivity contribution in [1.29, 1.82) is 0 Å². The summed E-state index contributed by atoms with van der Waals surface area (Å²) < 4.78 is 0. The maximum atomic E-state index is 11.0. The van der Waals surface area contributed by atoms with Crippen LogP contribution in [-0.4, -0.2) is 5.78 Å². The van der Waals surface area contributed by atoms with E-state index in [1.54, 1.807) is 18.2 Å². The lowest BCUT2D eigenvalue weighted by Gasteiger charge is -2.02. The van der Waals surface area contributed by atoms with Gasteiger partial charge in [0.1, 0.15) is 0 Å². The highest BCUT2D eigenvalue weighted by molar-refractivity contribution is 6.35. The number of hydrogen-bond acceptors (Lipinski definition) is 1. The Kier molecular flexibility index (Phi) is 2.66. The van der Waals surface area contributed by atoms with Crippen LogP contribution >= 0.6 is 11.6 Å². The second kappa shape index (κ2) is 3.55. The molecule has 0 amide bonds. The number of hydrogen-bond donors (Lipinski definition) is 0. The van der Waals surface area contributed by atoms with E-state index in [0.29, 0.717) is 10.6 Å². The minimum Gasteiger partial charge on any atom is -0.294 e. The SMILES string of the molecule is C=Cc1cccc(C(C)=O)c1Cl. The van der Waals surface area contributed by atoms with Gasteiger partial charge in [-0.25, -0.2) is 0 Å². The third-order valence-electron chi connectivity index (χ3n) is 1.63. The quantitative estimate of drug-likeness (QED) is 0.639. The first-order chi connectivity index (χ1) is 5.66. The van der Waals surface area contributed by atoms with Gasteiger partial charge in [0.2, 0.25) is 0 Å². The first-order valence-corrected chi connectivity index (χ1v) is 3.96. The van der Waals surface area contributed by atoms with Gasteiger partial charge in [0, 0.05) is 5.56 Å². The zero-order valence-electron chi connectivity index (χ0n) is 6.80. The molecule has 1 nitrogen and oxygen atoms in total. The number of Topliss-reactive ketones (excluding diaryl/α,β-unsaturated/α-hetero) is 1. The van der Waals surface area contributed by atoms with Crippen molar-refractivity contribution >= 4 is 23.5 Å². The Bertz CT molecular complexity index is 329. The number of ketones is 1. The van der Waals surface area contributed by atoms with Gasteiger partial charge >= 0.3 is 0 Å². The minimum atomic E-state index is -0.0244. The van der Waals surface area contributed by atoms with Gasteiger partial charge in [0.05, 0.1) is 5.02 Å². The number of halogens is 1. The fourth-order valence-corrected chi connectivity index (χ4v) is 1.32.